The molecule has 2 aromatic rings. The summed E-state index contributed by atoms with van der Waals surface area (Å²) >= 11 is 0. The van der Waals surface area contributed by atoms with Gasteiger partial charge in [0, 0.05) is 12.2 Å². The van der Waals surface area contributed by atoms with Gasteiger partial charge in [-0.25, -0.2) is 4.79 Å². The molecule has 6 nitrogen and oxygen atoms in total. The average Bonchev–Trinajstić information content (AvgIpc) is 2.62. The molecule has 0 unspecified atom stereocenters. The van der Waals surface area contributed by atoms with Crippen LogP contribution in [0.2, 0.25) is 0 Å². The Bertz CT molecular complexity index is 744. The van der Waals surface area contributed by atoms with E-state index in [1.807, 2.05) is 30.3 Å². The number of amides is 2. The summed E-state index contributed by atoms with van der Waals surface area (Å²) in [6, 6.07) is 16.1. The molecule has 0 saturated carbocycles. The molecule has 0 aliphatic rings. The van der Waals surface area contributed by atoms with Crippen LogP contribution in [0.3, 0.4) is 0 Å². The number of ether oxygens (including phenoxy) is 1. The van der Waals surface area contributed by atoms with Gasteiger partial charge in [0.15, 0.2) is 0 Å². The predicted octanol–water partition coefficient (Wildman–Crippen LogP) is 2.16. The lowest BCUT2D eigenvalue weighted by Crippen LogP contribution is -2.29. The van der Waals surface area contributed by atoms with Crippen LogP contribution < -0.4 is 10.6 Å². The first-order chi connectivity index (χ1) is 12.1. The number of carbonyl (C=O) groups is 3. The molecule has 2 amide bonds. The van der Waals surface area contributed by atoms with Crippen molar-refractivity contribution >= 4 is 23.5 Å². The fraction of sp³-hybridized carbons (Fsp3) is 0.211. The summed E-state index contributed by atoms with van der Waals surface area (Å²) < 4.78 is 4.63. The number of nitrogens with one attached hydrogen (secondary N) is 2. The van der Waals surface area contributed by atoms with E-state index in [2.05, 4.69) is 15.4 Å². The molecule has 0 aromatic heterocycles. The molecule has 0 atom stereocenters. The lowest BCUT2D eigenvalue weighted by molar-refractivity contribution is -0.126. The Kier molecular flexibility index (Phi) is 6.71. The van der Waals surface area contributed by atoms with Gasteiger partial charge in [0.1, 0.15) is 6.42 Å². The number of benzene rings is 2. The van der Waals surface area contributed by atoms with Gasteiger partial charge in [0.2, 0.25) is 11.8 Å². The molecule has 0 heterocycles. The Morgan fingerprint density at radius 2 is 1.72 bits per heavy atom. The lowest BCUT2D eigenvalue weighted by atomic mass is 10.1. The summed E-state index contributed by atoms with van der Waals surface area (Å²) in [6.45, 7) is 0.466. The largest absolute Gasteiger partial charge is 0.465 e. The van der Waals surface area contributed by atoms with Crippen LogP contribution in [0.5, 0.6) is 0 Å². The number of hydrogen-bond acceptors (Lipinski definition) is 4. The van der Waals surface area contributed by atoms with Gasteiger partial charge in [0.05, 0.1) is 12.7 Å². The van der Waals surface area contributed by atoms with E-state index in [-0.39, 0.29) is 12.3 Å². The van der Waals surface area contributed by atoms with Gasteiger partial charge in [-0.15, -0.1) is 0 Å². The van der Waals surface area contributed by atoms with Crippen LogP contribution >= 0.6 is 0 Å². The van der Waals surface area contributed by atoms with Crippen LogP contribution in [0.4, 0.5) is 5.69 Å². The number of esters is 1. The van der Waals surface area contributed by atoms with Crippen LogP contribution in [-0.4, -0.2) is 31.4 Å². The van der Waals surface area contributed by atoms with E-state index in [1.165, 1.54) is 13.2 Å². The topological polar surface area (TPSA) is 84.5 Å². The molecule has 2 N–H and O–H groups in total. The van der Waals surface area contributed by atoms with E-state index >= 15 is 0 Å². The minimum atomic E-state index is -0.491. The van der Waals surface area contributed by atoms with E-state index in [1.54, 1.807) is 18.2 Å². The Labute approximate surface area is 146 Å². The highest BCUT2D eigenvalue weighted by atomic mass is 16.5. The number of anilines is 1. The SMILES string of the molecule is COC(=O)c1cccc(NC(=O)CC(=O)NCCc2ccccc2)c1. The molecule has 6 heteroatoms. The molecule has 25 heavy (non-hydrogen) atoms. The summed E-state index contributed by atoms with van der Waals surface area (Å²) in [4.78, 5) is 35.2. The minimum absolute atomic E-state index is 0.281. The van der Waals surface area contributed by atoms with Crippen molar-refractivity contribution in [3.8, 4) is 0 Å². The van der Waals surface area contributed by atoms with Crippen molar-refractivity contribution in [3.63, 3.8) is 0 Å². The van der Waals surface area contributed by atoms with Gasteiger partial charge in [-0.05, 0) is 30.2 Å². The minimum Gasteiger partial charge on any atom is -0.465 e. The van der Waals surface area contributed by atoms with Crippen molar-refractivity contribution < 1.29 is 19.1 Å². The summed E-state index contributed by atoms with van der Waals surface area (Å²) in [5.41, 5.74) is 1.88. The van der Waals surface area contributed by atoms with Gasteiger partial charge >= 0.3 is 5.97 Å². The third-order valence-electron chi connectivity index (χ3n) is 3.47. The molecule has 0 fully saturated rings. The van der Waals surface area contributed by atoms with Crippen molar-refractivity contribution in [1.29, 1.82) is 0 Å². The molecule has 0 bridgehead atoms. The molecule has 0 aliphatic carbocycles. The van der Waals surface area contributed by atoms with E-state index < -0.39 is 11.9 Å². The molecule has 2 aromatic carbocycles. The van der Waals surface area contributed by atoms with Crippen LogP contribution in [0.1, 0.15) is 22.3 Å². The Balaban J connectivity index is 1.77. The fourth-order valence-electron chi connectivity index (χ4n) is 2.25. The van der Waals surface area contributed by atoms with E-state index in [9.17, 15) is 14.4 Å². The predicted molar refractivity (Wildman–Crippen MR) is 94.2 cm³/mol. The van der Waals surface area contributed by atoms with Crippen LogP contribution in [0, 0.1) is 0 Å². The molecule has 130 valence electrons. The molecular weight excluding hydrogens is 320 g/mol. The van der Waals surface area contributed by atoms with Crippen molar-refractivity contribution in [3.05, 3.63) is 65.7 Å². The lowest BCUT2D eigenvalue weighted by Gasteiger charge is -2.08. The monoisotopic (exact) mass is 340 g/mol. The smallest absolute Gasteiger partial charge is 0.337 e. The van der Waals surface area contributed by atoms with Crippen molar-refractivity contribution in [2.75, 3.05) is 19.0 Å². The van der Waals surface area contributed by atoms with Gasteiger partial charge in [-0.2, -0.15) is 0 Å². The summed E-state index contributed by atoms with van der Waals surface area (Å²) in [5.74, 6) is -1.29. The average molecular weight is 340 g/mol. The van der Waals surface area contributed by atoms with Gasteiger partial charge < -0.3 is 15.4 Å². The third kappa shape index (κ3) is 6.10. The van der Waals surface area contributed by atoms with Crippen LogP contribution in [0.15, 0.2) is 54.6 Å². The molecule has 0 spiro atoms. The third-order valence-corrected chi connectivity index (χ3v) is 3.47. The summed E-state index contributed by atoms with van der Waals surface area (Å²) in [7, 11) is 1.29. The highest BCUT2D eigenvalue weighted by molar-refractivity contribution is 6.04. The number of carbonyl (C=O) groups excluding carboxylic acids is 3. The summed E-state index contributed by atoms with van der Waals surface area (Å²) in [6.07, 6.45) is 0.423. The normalized spacial score (nSPS) is 9.96. The maximum atomic E-state index is 11.9. The van der Waals surface area contributed by atoms with E-state index in [4.69, 9.17) is 0 Å². The molecule has 0 radical (unpaired) electrons. The standard InChI is InChI=1S/C19H20N2O4/c1-25-19(24)15-8-5-9-16(12-15)21-18(23)13-17(22)20-11-10-14-6-3-2-4-7-14/h2-9,12H,10-11,13H2,1H3,(H,20,22)(H,21,23). The second-order valence-corrected chi connectivity index (χ2v) is 5.38. The quantitative estimate of drug-likeness (QED) is 0.597. The van der Waals surface area contributed by atoms with Crippen LogP contribution in [0.25, 0.3) is 0 Å². The summed E-state index contributed by atoms with van der Waals surface area (Å²) in [5, 5.41) is 5.31. The second-order valence-electron chi connectivity index (χ2n) is 5.38. The first-order valence-electron chi connectivity index (χ1n) is 7.87. The van der Waals surface area contributed by atoms with E-state index in [0.717, 1.165) is 5.56 Å². The van der Waals surface area contributed by atoms with Crippen molar-refractivity contribution in [1.82, 2.24) is 5.32 Å². The van der Waals surface area contributed by atoms with Crippen molar-refractivity contribution in [2.45, 2.75) is 12.8 Å². The zero-order chi connectivity index (χ0) is 18.1. The highest BCUT2D eigenvalue weighted by Gasteiger charge is 2.11. The fourth-order valence-corrected chi connectivity index (χ4v) is 2.25. The number of rotatable bonds is 7. The Hall–Kier alpha value is -3.15. The Morgan fingerprint density at radius 1 is 0.960 bits per heavy atom. The molecule has 0 saturated heterocycles. The molecular formula is C19H20N2O4. The maximum Gasteiger partial charge on any atom is 0.337 e. The zero-order valence-corrected chi connectivity index (χ0v) is 14.0. The molecule has 0 aliphatic heterocycles. The van der Waals surface area contributed by atoms with Gasteiger partial charge in [0.25, 0.3) is 0 Å². The Morgan fingerprint density at radius 3 is 2.44 bits per heavy atom. The molecule has 2 rings (SSSR count). The first kappa shape index (κ1) is 18.2. The maximum absolute atomic E-state index is 11.9. The van der Waals surface area contributed by atoms with Crippen LogP contribution in [-0.2, 0) is 20.7 Å². The van der Waals surface area contributed by atoms with Gasteiger partial charge in [-0.1, -0.05) is 36.4 Å². The highest BCUT2D eigenvalue weighted by Crippen LogP contribution is 2.11. The first-order valence-corrected chi connectivity index (χ1v) is 7.87. The number of hydrogen-bond donors (Lipinski definition) is 2. The zero-order valence-electron chi connectivity index (χ0n) is 14.0. The van der Waals surface area contributed by atoms with Crippen molar-refractivity contribution in [2.24, 2.45) is 0 Å². The van der Waals surface area contributed by atoms with Gasteiger partial charge in [-0.3, -0.25) is 9.59 Å². The number of methoxy groups -OCH3 is 1. The van der Waals surface area contributed by atoms with E-state index in [0.29, 0.717) is 24.2 Å². The second kappa shape index (κ2) is 9.22.